The number of halogens is 2. The van der Waals surface area contributed by atoms with Gasteiger partial charge in [-0.2, -0.15) is 0 Å². The van der Waals surface area contributed by atoms with Crippen molar-refractivity contribution in [1.29, 1.82) is 0 Å². The van der Waals surface area contributed by atoms with Gasteiger partial charge in [0.25, 0.3) is 0 Å². The van der Waals surface area contributed by atoms with Crippen LogP contribution in [0.4, 0.5) is 10.1 Å². The van der Waals surface area contributed by atoms with Crippen molar-refractivity contribution in [2.24, 2.45) is 0 Å². The zero-order valence-electron chi connectivity index (χ0n) is 9.47. The highest BCUT2D eigenvalue weighted by molar-refractivity contribution is 6.33. The lowest BCUT2D eigenvalue weighted by Crippen LogP contribution is -2.37. The zero-order valence-corrected chi connectivity index (χ0v) is 10.2. The minimum absolute atomic E-state index is 0.135. The second kappa shape index (κ2) is 6.25. The van der Waals surface area contributed by atoms with Crippen LogP contribution in [0, 0.1) is 5.82 Å². The molecule has 1 rings (SSSR count). The fraction of sp³-hybridized carbons (Fsp3) is 0.250. The molecule has 3 nitrogen and oxygen atoms in total. The van der Waals surface area contributed by atoms with Crippen LogP contribution in [0.1, 0.15) is 6.92 Å². The predicted octanol–water partition coefficient (Wildman–Crippen LogP) is 2.58. The molecule has 1 aromatic carbocycles. The van der Waals surface area contributed by atoms with Crippen LogP contribution in [-0.2, 0) is 4.79 Å². The molecule has 1 atom stereocenters. The summed E-state index contributed by atoms with van der Waals surface area (Å²) < 4.78 is 13.4. The summed E-state index contributed by atoms with van der Waals surface area (Å²) in [5.41, 5.74) is 0.135. The first kappa shape index (κ1) is 13.5. The van der Waals surface area contributed by atoms with Gasteiger partial charge in [-0.05, 0) is 19.1 Å². The van der Waals surface area contributed by atoms with E-state index in [1.54, 1.807) is 19.1 Å². The number of carbonyl (C=O) groups is 1. The molecule has 0 radical (unpaired) electrons. The first-order chi connectivity index (χ1) is 8.06. The van der Waals surface area contributed by atoms with Gasteiger partial charge in [-0.15, -0.1) is 6.58 Å². The van der Waals surface area contributed by atoms with Crippen molar-refractivity contribution < 1.29 is 9.18 Å². The number of hydrogen-bond donors (Lipinski definition) is 2. The molecule has 17 heavy (non-hydrogen) atoms. The van der Waals surface area contributed by atoms with Gasteiger partial charge in [0.2, 0.25) is 5.91 Å². The van der Waals surface area contributed by atoms with E-state index in [4.69, 9.17) is 11.6 Å². The van der Waals surface area contributed by atoms with Gasteiger partial charge in [-0.3, -0.25) is 4.79 Å². The summed E-state index contributed by atoms with van der Waals surface area (Å²) in [5.74, 6) is -0.731. The molecule has 1 unspecified atom stereocenters. The highest BCUT2D eigenvalue weighted by Crippen LogP contribution is 2.25. The molecule has 0 aromatic heterocycles. The third-order valence-corrected chi connectivity index (χ3v) is 2.45. The van der Waals surface area contributed by atoms with Crippen LogP contribution >= 0.6 is 11.6 Å². The summed E-state index contributed by atoms with van der Waals surface area (Å²) >= 11 is 5.83. The first-order valence-electron chi connectivity index (χ1n) is 5.15. The highest BCUT2D eigenvalue weighted by Gasteiger charge is 2.15. The smallest absolute Gasteiger partial charge is 0.242 e. The molecule has 1 amide bonds. The number of benzene rings is 1. The Bertz CT molecular complexity index is 403. The Morgan fingerprint density at radius 2 is 2.35 bits per heavy atom. The number of rotatable bonds is 5. The fourth-order valence-electron chi connectivity index (χ4n) is 1.24. The van der Waals surface area contributed by atoms with E-state index in [9.17, 15) is 9.18 Å². The Balaban J connectivity index is 2.70. The highest BCUT2D eigenvalue weighted by atomic mass is 35.5. The molecule has 0 fully saturated rings. The standard InChI is InChI=1S/C12H14ClFN2O/c1-3-7-15-12(17)8(2)16-11-9(13)5-4-6-10(11)14/h3-6,8,16H,1,7H2,2H3,(H,15,17). The van der Waals surface area contributed by atoms with Crippen LogP contribution in [-0.4, -0.2) is 18.5 Å². The van der Waals surface area contributed by atoms with Crippen LogP contribution in [0.5, 0.6) is 0 Å². The van der Waals surface area contributed by atoms with E-state index in [1.807, 2.05) is 0 Å². The molecule has 0 bridgehead atoms. The van der Waals surface area contributed by atoms with Gasteiger partial charge < -0.3 is 10.6 Å². The third-order valence-electron chi connectivity index (χ3n) is 2.14. The maximum absolute atomic E-state index is 13.4. The fourth-order valence-corrected chi connectivity index (χ4v) is 1.46. The van der Waals surface area contributed by atoms with Crippen LogP contribution in [0.2, 0.25) is 5.02 Å². The van der Waals surface area contributed by atoms with Crippen LogP contribution in [0.25, 0.3) is 0 Å². The molecule has 5 heteroatoms. The number of hydrogen-bond acceptors (Lipinski definition) is 2. The Hall–Kier alpha value is -1.55. The maximum Gasteiger partial charge on any atom is 0.242 e. The van der Waals surface area contributed by atoms with Crippen molar-refractivity contribution >= 4 is 23.2 Å². The number of anilines is 1. The maximum atomic E-state index is 13.4. The molecule has 0 aliphatic carbocycles. The average molecular weight is 257 g/mol. The molecule has 0 aliphatic rings. The third kappa shape index (κ3) is 3.75. The molecule has 0 aliphatic heterocycles. The normalized spacial score (nSPS) is 11.7. The first-order valence-corrected chi connectivity index (χ1v) is 5.53. The van der Waals surface area contributed by atoms with Crippen LogP contribution in [0.15, 0.2) is 30.9 Å². The van der Waals surface area contributed by atoms with Gasteiger partial charge in [-0.25, -0.2) is 4.39 Å². The summed E-state index contributed by atoms with van der Waals surface area (Å²) in [6, 6.07) is 3.76. The van der Waals surface area contributed by atoms with E-state index in [1.165, 1.54) is 12.1 Å². The summed E-state index contributed by atoms with van der Waals surface area (Å²) in [7, 11) is 0. The SMILES string of the molecule is C=CCNC(=O)C(C)Nc1c(F)cccc1Cl. The van der Waals surface area contributed by atoms with Crippen molar-refractivity contribution in [3.8, 4) is 0 Å². The molecule has 0 heterocycles. The summed E-state index contributed by atoms with van der Waals surface area (Å²) in [5, 5.41) is 5.58. The van der Waals surface area contributed by atoms with E-state index < -0.39 is 11.9 Å². The van der Waals surface area contributed by atoms with Crippen molar-refractivity contribution in [3.63, 3.8) is 0 Å². The Morgan fingerprint density at radius 1 is 1.65 bits per heavy atom. The van der Waals surface area contributed by atoms with E-state index in [2.05, 4.69) is 17.2 Å². The zero-order chi connectivity index (χ0) is 12.8. The summed E-state index contributed by atoms with van der Waals surface area (Å²) in [6.45, 7) is 5.49. The molecule has 0 saturated carbocycles. The summed E-state index contributed by atoms with van der Waals surface area (Å²) in [4.78, 5) is 11.5. The Morgan fingerprint density at radius 3 is 2.94 bits per heavy atom. The largest absolute Gasteiger partial charge is 0.370 e. The van der Waals surface area contributed by atoms with E-state index in [0.717, 1.165) is 0 Å². The molecular formula is C12H14ClFN2O. The molecule has 2 N–H and O–H groups in total. The molecule has 1 aromatic rings. The topological polar surface area (TPSA) is 41.1 Å². The van der Waals surface area contributed by atoms with Crippen molar-refractivity contribution in [3.05, 3.63) is 41.7 Å². The molecule has 0 spiro atoms. The van der Waals surface area contributed by atoms with Gasteiger partial charge in [0, 0.05) is 6.54 Å². The quantitative estimate of drug-likeness (QED) is 0.795. The molecular weight excluding hydrogens is 243 g/mol. The van der Waals surface area contributed by atoms with Gasteiger partial charge in [0.15, 0.2) is 0 Å². The van der Waals surface area contributed by atoms with E-state index in [-0.39, 0.29) is 16.6 Å². The lowest BCUT2D eigenvalue weighted by Gasteiger charge is -2.16. The predicted molar refractivity (Wildman–Crippen MR) is 67.7 cm³/mol. The van der Waals surface area contributed by atoms with Crippen LogP contribution in [0.3, 0.4) is 0 Å². The summed E-state index contributed by atoms with van der Waals surface area (Å²) in [6.07, 6.45) is 1.57. The van der Waals surface area contributed by atoms with Crippen molar-refractivity contribution in [2.75, 3.05) is 11.9 Å². The van der Waals surface area contributed by atoms with Gasteiger partial charge >= 0.3 is 0 Å². The van der Waals surface area contributed by atoms with Gasteiger partial charge in [0.05, 0.1) is 10.7 Å². The Labute approximate surface area is 105 Å². The van der Waals surface area contributed by atoms with Crippen molar-refractivity contribution in [1.82, 2.24) is 5.32 Å². The molecule has 0 saturated heterocycles. The molecule has 92 valence electrons. The number of amides is 1. The number of para-hydroxylation sites is 1. The minimum atomic E-state index is -0.579. The van der Waals surface area contributed by atoms with Gasteiger partial charge in [0.1, 0.15) is 11.9 Å². The Kier molecular flexibility index (Phi) is 4.97. The lowest BCUT2D eigenvalue weighted by atomic mass is 10.2. The second-order valence-corrected chi connectivity index (χ2v) is 3.90. The number of nitrogens with one attached hydrogen (secondary N) is 2. The van der Waals surface area contributed by atoms with E-state index >= 15 is 0 Å². The monoisotopic (exact) mass is 256 g/mol. The average Bonchev–Trinajstić information content (AvgIpc) is 2.30. The second-order valence-electron chi connectivity index (χ2n) is 3.50. The van der Waals surface area contributed by atoms with E-state index in [0.29, 0.717) is 6.54 Å². The van der Waals surface area contributed by atoms with Crippen LogP contribution < -0.4 is 10.6 Å². The lowest BCUT2D eigenvalue weighted by molar-refractivity contribution is -0.121. The minimum Gasteiger partial charge on any atom is -0.370 e. The van der Waals surface area contributed by atoms with Crippen molar-refractivity contribution in [2.45, 2.75) is 13.0 Å². The van der Waals surface area contributed by atoms with Gasteiger partial charge in [-0.1, -0.05) is 23.7 Å². The number of carbonyl (C=O) groups excluding carboxylic acids is 1.